The fourth-order valence-corrected chi connectivity index (χ4v) is 2.77. The normalized spacial score (nSPS) is 11.5. The Bertz CT molecular complexity index is 820. The van der Waals surface area contributed by atoms with Crippen LogP contribution < -0.4 is 10.7 Å². The highest BCUT2D eigenvalue weighted by Gasteiger charge is 2.09. The summed E-state index contributed by atoms with van der Waals surface area (Å²) in [5, 5.41) is 17.9. The average Bonchev–Trinajstić information content (AvgIpc) is 2.71. The van der Waals surface area contributed by atoms with Crippen molar-refractivity contribution in [3.05, 3.63) is 65.0 Å². The lowest BCUT2D eigenvalue weighted by molar-refractivity contribution is 0.291. The largest absolute Gasteiger partial charge is 0.508 e. The van der Waals surface area contributed by atoms with Crippen LogP contribution in [0.25, 0.3) is 0 Å². The van der Waals surface area contributed by atoms with Gasteiger partial charge in [-0.1, -0.05) is 26.0 Å². The number of nitrogens with one attached hydrogen (secondary N) is 2. The molecule has 28 heavy (non-hydrogen) atoms. The molecule has 0 unspecified atom stereocenters. The first-order chi connectivity index (χ1) is 13.4. The van der Waals surface area contributed by atoms with Crippen molar-refractivity contribution in [2.45, 2.75) is 33.9 Å². The highest BCUT2D eigenvalue weighted by atomic mass is 32.1. The second kappa shape index (κ2) is 10.7. The summed E-state index contributed by atoms with van der Waals surface area (Å²) in [6.45, 7) is 9.08. The van der Waals surface area contributed by atoms with E-state index >= 15 is 0 Å². The number of hydrazone groups is 1. The molecule has 0 aliphatic rings. The zero-order valence-electron chi connectivity index (χ0n) is 16.5. The van der Waals surface area contributed by atoms with Gasteiger partial charge in [-0.05, 0) is 73.7 Å². The van der Waals surface area contributed by atoms with E-state index in [9.17, 15) is 9.50 Å². The number of nitrogens with zero attached hydrogens (tertiary/aromatic N) is 2. The van der Waals surface area contributed by atoms with E-state index in [-0.39, 0.29) is 11.6 Å². The van der Waals surface area contributed by atoms with Crippen molar-refractivity contribution in [3.63, 3.8) is 0 Å². The molecule has 0 amide bonds. The van der Waals surface area contributed by atoms with Crippen molar-refractivity contribution in [1.29, 1.82) is 0 Å². The molecule has 0 spiro atoms. The lowest BCUT2D eigenvalue weighted by Gasteiger charge is -2.19. The van der Waals surface area contributed by atoms with E-state index in [1.54, 1.807) is 18.2 Å². The minimum absolute atomic E-state index is 0.265. The van der Waals surface area contributed by atoms with E-state index < -0.39 is 0 Å². The molecule has 5 nitrogen and oxygen atoms in total. The summed E-state index contributed by atoms with van der Waals surface area (Å²) >= 11 is 5.23. The number of hydrogen-bond donors (Lipinski definition) is 3. The Balaban J connectivity index is 1.96. The van der Waals surface area contributed by atoms with Crippen LogP contribution in [0.3, 0.4) is 0 Å². The molecule has 0 saturated carbocycles. The minimum Gasteiger partial charge on any atom is -0.508 e. The van der Waals surface area contributed by atoms with Gasteiger partial charge in [0.15, 0.2) is 5.11 Å². The summed E-state index contributed by atoms with van der Waals surface area (Å²) in [6, 6.07) is 11.7. The number of phenols is 1. The Labute approximate surface area is 171 Å². The van der Waals surface area contributed by atoms with Gasteiger partial charge in [-0.2, -0.15) is 5.10 Å². The van der Waals surface area contributed by atoms with Crippen LogP contribution in [0.2, 0.25) is 0 Å². The molecule has 0 heterocycles. The van der Waals surface area contributed by atoms with Crippen molar-refractivity contribution < 1.29 is 9.50 Å². The van der Waals surface area contributed by atoms with Crippen molar-refractivity contribution >= 4 is 23.0 Å². The molecule has 0 atom stereocenters. The highest BCUT2D eigenvalue weighted by molar-refractivity contribution is 7.80. The molecule has 0 aliphatic heterocycles. The first kappa shape index (κ1) is 21.8. The molecule has 0 aliphatic carbocycles. The first-order valence-electron chi connectivity index (χ1n) is 9.30. The Kier molecular flexibility index (Phi) is 8.35. The summed E-state index contributed by atoms with van der Waals surface area (Å²) in [6.07, 6.45) is 0. The molecule has 2 aromatic carbocycles. The summed E-state index contributed by atoms with van der Waals surface area (Å²) in [5.74, 6) is 0.0202. The van der Waals surface area contributed by atoms with Crippen molar-refractivity contribution in [1.82, 2.24) is 15.6 Å². The van der Waals surface area contributed by atoms with E-state index in [0.717, 1.165) is 35.5 Å². The van der Waals surface area contributed by atoms with Crippen molar-refractivity contribution in [2.75, 3.05) is 13.1 Å². The maximum atomic E-state index is 12.9. The third kappa shape index (κ3) is 6.58. The van der Waals surface area contributed by atoms with Crippen molar-refractivity contribution in [3.8, 4) is 5.75 Å². The topological polar surface area (TPSA) is 59.9 Å². The van der Waals surface area contributed by atoms with E-state index in [4.69, 9.17) is 12.2 Å². The predicted octanol–water partition coefficient (Wildman–Crippen LogP) is 3.76. The summed E-state index contributed by atoms with van der Waals surface area (Å²) in [4.78, 5) is 2.23. The molecule has 0 bridgehead atoms. The van der Waals surface area contributed by atoms with Gasteiger partial charge in [0.25, 0.3) is 0 Å². The van der Waals surface area contributed by atoms with Crippen LogP contribution >= 0.6 is 12.2 Å². The van der Waals surface area contributed by atoms with Crippen LogP contribution in [0.15, 0.2) is 47.6 Å². The third-order valence-corrected chi connectivity index (χ3v) is 4.71. The number of benzene rings is 2. The van der Waals surface area contributed by atoms with Gasteiger partial charge >= 0.3 is 0 Å². The van der Waals surface area contributed by atoms with Gasteiger partial charge in [-0.15, -0.1) is 0 Å². The molecule has 2 aromatic rings. The van der Waals surface area contributed by atoms with Gasteiger partial charge in [0, 0.05) is 18.7 Å². The number of hydrogen-bond acceptors (Lipinski definition) is 4. The standard InChI is InChI=1S/C21H27FN4OS/c1-4-26(5-2)14-18-12-17(8-11-20(18)27)15(3)24-25-21(28)23-13-16-6-9-19(22)10-7-16/h6-12,27H,4-5,13-14H2,1-3H3,(H2,23,25,28)/b24-15+. The zero-order chi connectivity index (χ0) is 20.5. The highest BCUT2D eigenvalue weighted by Crippen LogP contribution is 2.20. The van der Waals surface area contributed by atoms with Crippen LogP contribution in [0.4, 0.5) is 4.39 Å². The Hall–Kier alpha value is -2.51. The Morgan fingerprint density at radius 3 is 2.46 bits per heavy atom. The molecule has 150 valence electrons. The van der Waals surface area contributed by atoms with Crippen molar-refractivity contribution in [2.24, 2.45) is 5.10 Å². The van der Waals surface area contributed by atoms with Gasteiger partial charge in [0.1, 0.15) is 11.6 Å². The number of thiocarbonyl (C=S) groups is 1. The lowest BCUT2D eigenvalue weighted by atomic mass is 10.1. The monoisotopic (exact) mass is 402 g/mol. The molecule has 0 radical (unpaired) electrons. The van der Waals surface area contributed by atoms with E-state index in [0.29, 0.717) is 18.2 Å². The number of halogens is 1. The van der Waals surface area contributed by atoms with Gasteiger partial charge < -0.3 is 10.4 Å². The molecule has 0 aromatic heterocycles. The van der Waals surface area contributed by atoms with Gasteiger partial charge in [-0.25, -0.2) is 4.39 Å². The zero-order valence-corrected chi connectivity index (χ0v) is 17.3. The number of phenolic OH excluding ortho intramolecular Hbond substituents is 1. The average molecular weight is 403 g/mol. The van der Waals surface area contributed by atoms with E-state index in [1.807, 2.05) is 19.1 Å². The first-order valence-corrected chi connectivity index (χ1v) is 9.71. The third-order valence-electron chi connectivity index (χ3n) is 4.48. The minimum atomic E-state index is -0.265. The maximum Gasteiger partial charge on any atom is 0.187 e. The van der Waals surface area contributed by atoms with Crippen LogP contribution in [-0.2, 0) is 13.1 Å². The smallest absolute Gasteiger partial charge is 0.187 e. The number of rotatable bonds is 8. The Morgan fingerprint density at radius 2 is 1.82 bits per heavy atom. The fourth-order valence-electron chi connectivity index (χ4n) is 2.65. The molecule has 2 rings (SSSR count). The molecular weight excluding hydrogens is 375 g/mol. The Morgan fingerprint density at radius 1 is 1.14 bits per heavy atom. The van der Waals surface area contributed by atoms with Gasteiger partial charge in [0.05, 0.1) is 5.71 Å². The van der Waals surface area contributed by atoms with Gasteiger partial charge in [-0.3, -0.25) is 10.3 Å². The second-order valence-corrected chi connectivity index (χ2v) is 6.83. The van der Waals surface area contributed by atoms with Gasteiger partial charge in [0.2, 0.25) is 0 Å². The molecule has 0 saturated heterocycles. The molecule has 7 heteroatoms. The second-order valence-electron chi connectivity index (χ2n) is 6.42. The summed E-state index contributed by atoms with van der Waals surface area (Å²) in [7, 11) is 0. The van der Waals surface area contributed by atoms with E-state index in [1.165, 1.54) is 12.1 Å². The summed E-state index contributed by atoms with van der Waals surface area (Å²) in [5.41, 5.74) is 6.28. The van der Waals surface area contributed by atoms with Crippen LogP contribution in [0.5, 0.6) is 5.75 Å². The van der Waals surface area contributed by atoms with Crippen LogP contribution in [-0.4, -0.2) is 33.9 Å². The molecular formula is C21H27FN4OS. The predicted molar refractivity (Wildman–Crippen MR) is 116 cm³/mol. The molecule has 3 N–H and O–H groups in total. The van der Waals surface area contributed by atoms with Crippen LogP contribution in [0.1, 0.15) is 37.5 Å². The SMILES string of the molecule is CCN(CC)Cc1cc(/C(C)=N/NC(=S)NCc2ccc(F)cc2)ccc1O. The molecule has 0 fully saturated rings. The maximum absolute atomic E-state index is 12.9. The quantitative estimate of drug-likeness (QED) is 0.357. The lowest BCUT2D eigenvalue weighted by Crippen LogP contribution is -2.32. The van der Waals surface area contributed by atoms with Crippen LogP contribution in [0, 0.1) is 5.82 Å². The summed E-state index contributed by atoms with van der Waals surface area (Å²) < 4.78 is 12.9. The number of aromatic hydroxyl groups is 1. The fraction of sp³-hybridized carbons (Fsp3) is 0.333. The van der Waals surface area contributed by atoms with E-state index in [2.05, 4.69) is 34.6 Å².